The van der Waals surface area contributed by atoms with Gasteiger partial charge in [-0.2, -0.15) is 4.31 Å². The van der Waals surface area contributed by atoms with Gasteiger partial charge >= 0.3 is 0 Å². The first-order valence-corrected chi connectivity index (χ1v) is 8.67. The van der Waals surface area contributed by atoms with E-state index in [2.05, 4.69) is 5.32 Å². The molecule has 0 saturated heterocycles. The first-order chi connectivity index (χ1) is 9.70. The first kappa shape index (κ1) is 18.1. The smallest absolute Gasteiger partial charge is 0.246 e. The number of benzene rings is 1. The van der Waals surface area contributed by atoms with E-state index >= 15 is 0 Å². The minimum Gasteiger partial charge on any atom is -0.310 e. The van der Waals surface area contributed by atoms with Crippen LogP contribution in [-0.2, 0) is 16.6 Å². The Morgan fingerprint density at radius 2 is 1.86 bits per heavy atom. The van der Waals surface area contributed by atoms with Gasteiger partial charge in [0.1, 0.15) is 10.7 Å². The van der Waals surface area contributed by atoms with Crippen molar-refractivity contribution in [2.24, 2.45) is 0 Å². The monoisotopic (exact) mass is 316 g/mol. The van der Waals surface area contributed by atoms with Crippen LogP contribution in [0.25, 0.3) is 0 Å². The van der Waals surface area contributed by atoms with Crippen molar-refractivity contribution < 1.29 is 12.8 Å². The zero-order valence-electron chi connectivity index (χ0n) is 13.4. The van der Waals surface area contributed by atoms with Crippen molar-refractivity contribution >= 4 is 10.0 Å². The second-order valence-electron chi connectivity index (χ2n) is 5.60. The van der Waals surface area contributed by atoms with E-state index < -0.39 is 15.8 Å². The number of hydrogen-bond acceptors (Lipinski definition) is 3. The van der Waals surface area contributed by atoms with Gasteiger partial charge in [0, 0.05) is 25.2 Å². The molecule has 0 fully saturated rings. The second kappa shape index (κ2) is 7.33. The molecule has 1 rings (SSSR count). The molecule has 0 atom stereocenters. The van der Waals surface area contributed by atoms with E-state index in [0.29, 0.717) is 13.1 Å². The maximum Gasteiger partial charge on any atom is 0.246 e. The normalized spacial score (nSPS) is 12.6. The number of rotatable bonds is 7. The van der Waals surface area contributed by atoms with Crippen LogP contribution in [0.3, 0.4) is 0 Å². The zero-order valence-corrected chi connectivity index (χ0v) is 14.2. The molecule has 0 saturated carbocycles. The van der Waals surface area contributed by atoms with Crippen LogP contribution in [0.4, 0.5) is 4.39 Å². The largest absolute Gasteiger partial charge is 0.310 e. The Bertz CT molecular complexity index is 571. The highest BCUT2D eigenvalue weighted by Gasteiger charge is 2.28. The van der Waals surface area contributed by atoms with Crippen molar-refractivity contribution in [1.82, 2.24) is 9.62 Å². The van der Waals surface area contributed by atoms with Crippen molar-refractivity contribution in [1.29, 1.82) is 0 Å². The average molecular weight is 316 g/mol. The predicted molar refractivity (Wildman–Crippen MR) is 83.1 cm³/mol. The molecule has 0 aromatic heterocycles. The average Bonchev–Trinajstić information content (AvgIpc) is 2.35. The van der Waals surface area contributed by atoms with Gasteiger partial charge < -0.3 is 5.32 Å². The molecule has 0 radical (unpaired) electrons. The van der Waals surface area contributed by atoms with E-state index in [1.54, 1.807) is 26.8 Å². The van der Waals surface area contributed by atoms with E-state index in [1.165, 1.54) is 16.4 Å². The quantitative estimate of drug-likeness (QED) is 0.841. The summed E-state index contributed by atoms with van der Waals surface area (Å²) in [4.78, 5) is -0.258. The molecule has 0 aliphatic carbocycles. The summed E-state index contributed by atoms with van der Waals surface area (Å²) in [7, 11) is -3.79. The Labute approximate surface area is 127 Å². The maximum atomic E-state index is 14.2. The SMILES string of the molecule is CCN(C(C)C)S(=O)(=O)c1ccc(CNC(C)C)cc1F. The van der Waals surface area contributed by atoms with Crippen LogP contribution < -0.4 is 5.32 Å². The molecule has 6 heteroatoms. The number of halogens is 1. The summed E-state index contributed by atoms with van der Waals surface area (Å²) < 4.78 is 40.4. The van der Waals surface area contributed by atoms with Crippen molar-refractivity contribution in [3.05, 3.63) is 29.6 Å². The fourth-order valence-corrected chi connectivity index (χ4v) is 3.82. The number of nitrogens with zero attached hydrogens (tertiary/aromatic N) is 1. The molecule has 1 aromatic carbocycles. The van der Waals surface area contributed by atoms with Gasteiger partial charge in [0.05, 0.1) is 0 Å². The third kappa shape index (κ3) is 4.49. The van der Waals surface area contributed by atoms with Crippen LogP contribution in [0.5, 0.6) is 0 Å². The summed E-state index contributed by atoms with van der Waals surface area (Å²) in [5.74, 6) is -0.697. The molecule has 0 aliphatic heterocycles. The van der Waals surface area contributed by atoms with E-state index in [9.17, 15) is 12.8 Å². The first-order valence-electron chi connectivity index (χ1n) is 7.23. The van der Waals surface area contributed by atoms with Gasteiger partial charge in [-0.1, -0.05) is 26.8 Å². The van der Waals surface area contributed by atoms with Crippen LogP contribution >= 0.6 is 0 Å². The zero-order chi connectivity index (χ0) is 16.2. The lowest BCUT2D eigenvalue weighted by Gasteiger charge is -2.24. The number of sulfonamides is 1. The number of hydrogen-bond donors (Lipinski definition) is 1. The van der Waals surface area contributed by atoms with Crippen molar-refractivity contribution in [3.63, 3.8) is 0 Å². The van der Waals surface area contributed by atoms with E-state index in [1.807, 2.05) is 13.8 Å². The van der Waals surface area contributed by atoms with E-state index in [4.69, 9.17) is 0 Å². The second-order valence-corrected chi connectivity index (χ2v) is 7.46. The van der Waals surface area contributed by atoms with Gasteiger partial charge in [-0.05, 0) is 31.5 Å². The van der Waals surface area contributed by atoms with Crippen LogP contribution in [0.15, 0.2) is 23.1 Å². The molecule has 1 aromatic rings. The Hall–Kier alpha value is -0.980. The fraction of sp³-hybridized carbons (Fsp3) is 0.600. The Morgan fingerprint density at radius 1 is 1.24 bits per heavy atom. The molecule has 120 valence electrons. The predicted octanol–water partition coefficient (Wildman–Crippen LogP) is 2.74. The maximum absolute atomic E-state index is 14.2. The Balaban J connectivity index is 3.09. The molecule has 0 heterocycles. The summed E-state index contributed by atoms with van der Waals surface area (Å²) in [6.45, 7) is 10.1. The van der Waals surface area contributed by atoms with Crippen molar-refractivity contribution in [2.75, 3.05) is 6.54 Å². The summed E-state index contributed by atoms with van der Waals surface area (Å²) >= 11 is 0. The highest BCUT2D eigenvalue weighted by molar-refractivity contribution is 7.89. The minimum atomic E-state index is -3.79. The van der Waals surface area contributed by atoms with Crippen LogP contribution in [0, 0.1) is 5.82 Å². The van der Waals surface area contributed by atoms with Crippen LogP contribution in [0.2, 0.25) is 0 Å². The van der Waals surface area contributed by atoms with E-state index in [0.717, 1.165) is 5.56 Å². The number of nitrogens with one attached hydrogen (secondary N) is 1. The molecule has 0 unspecified atom stereocenters. The summed E-state index contributed by atoms with van der Waals surface area (Å²) in [6.07, 6.45) is 0. The minimum absolute atomic E-state index is 0.207. The van der Waals surface area contributed by atoms with Gasteiger partial charge in [-0.15, -0.1) is 0 Å². The van der Waals surface area contributed by atoms with Crippen molar-refractivity contribution in [3.8, 4) is 0 Å². The van der Waals surface area contributed by atoms with Gasteiger partial charge in [0.2, 0.25) is 10.0 Å². The molecule has 4 nitrogen and oxygen atoms in total. The summed E-state index contributed by atoms with van der Waals surface area (Å²) in [6, 6.07) is 4.37. The van der Waals surface area contributed by atoms with Crippen molar-refractivity contribution in [2.45, 2.75) is 58.1 Å². The lowest BCUT2D eigenvalue weighted by atomic mass is 10.2. The molecular formula is C15H25FN2O2S. The lowest BCUT2D eigenvalue weighted by molar-refractivity contribution is 0.367. The standard InChI is InChI=1S/C15H25FN2O2S/c1-6-18(12(4)5)21(19,20)15-8-7-13(9-14(15)16)10-17-11(2)3/h7-9,11-12,17H,6,10H2,1-5H3. The van der Waals surface area contributed by atoms with Crippen LogP contribution in [-0.4, -0.2) is 31.4 Å². The van der Waals surface area contributed by atoms with Gasteiger partial charge in [0.25, 0.3) is 0 Å². The molecule has 1 N–H and O–H groups in total. The Kier molecular flexibility index (Phi) is 6.31. The summed E-state index contributed by atoms with van der Waals surface area (Å²) in [5.41, 5.74) is 0.729. The van der Waals surface area contributed by atoms with Gasteiger partial charge in [-0.25, -0.2) is 12.8 Å². The molecular weight excluding hydrogens is 291 g/mol. The highest BCUT2D eigenvalue weighted by Crippen LogP contribution is 2.22. The molecule has 0 spiro atoms. The van der Waals surface area contributed by atoms with Crippen LogP contribution in [0.1, 0.15) is 40.2 Å². The Morgan fingerprint density at radius 3 is 2.29 bits per heavy atom. The third-order valence-electron chi connectivity index (χ3n) is 3.19. The molecule has 21 heavy (non-hydrogen) atoms. The van der Waals surface area contributed by atoms with Gasteiger partial charge in [0.15, 0.2) is 0 Å². The summed E-state index contributed by atoms with van der Waals surface area (Å²) in [5, 5.41) is 3.17. The molecule has 0 aliphatic rings. The molecule has 0 amide bonds. The van der Waals surface area contributed by atoms with E-state index in [-0.39, 0.29) is 17.0 Å². The van der Waals surface area contributed by atoms with Gasteiger partial charge in [-0.3, -0.25) is 0 Å². The lowest BCUT2D eigenvalue weighted by Crippen LogP contribution is -2.37. The third-order valence-corrected chi connectivity index (χ3v) is 5.37. The highest BCUT2D eigenvalue weighted by atomic mass is 32.2. The topological polar surface area (TPSA) is 49.4 Å². The fourth-order valence-electron chi connectivity index (χ4n) is 2.12. The molecule has 0 bridgehead atoms.